The predicted octanol–water partition coefficient (Wildman–Crippen LogP) is 3.18. The number of carbonyl (C=O) groups is 2. The van der Waals surface area contributed by atoms with Crippen LogP contribution < -0.4 is 5.32 Å². The minimum absolute atomic E-state index is 0.212. The maximum absolute atomic E-state index is 11.7. The first-order valence-electron chi connectivity index (χ1n) is 8.39. The highest BCUT2D eigenvalue weighted by Gasteiger charge is 2.17. The number of hydrogen-bond acceptors (Lipinski definition) is 5. The van der Waals surface area contributed by atoms with E-state index in [1.807, 2.05) is 40.7 Å². The van der Waals surface area contributed by atoms with Gasteiger partial charge in [0.2, 0.25) is 0 Å². The number of phenolic OH excluding ortho intramolecular Hbond substituents is 1. The summed E-state index contributed by atoms with van der Waals surface area (Å²) in [5, 5.41) is 13.0. The van der Waals surface area contributed by atoms with Crippen LogP contribution in [0.2, 0.25) is 0 Å². The van der Waals surface area contributed by atoms with E-state index in [-0.39, 0.29) is 18.1 Å². The zero-order valence-electron chi connectivity index (χ0n) is 16.0. The van der Waals surface area contributed by atoms with Crippen molar-refractivity contribution in [2.24, 2.45) is 0 Å². The van der Waals surface area contributed by atoms with Gasteiger partial charge in [0.15, 0.2) is 0 Å². The third-order valence-electron chi connectivity index (χ3n) is 3.85. The van der Waals surface area contributed by atoms with Crippen LogP contribution in [-0.4, -0.2) is 36.4 Å². The van der Waals surface area contributed by atoms with Gasteiger partial charge in [0, 0.05) is 13.0 Å². The molecule has 25 heavy (non-hydrogen) atoms. The number of rotatable bonds is 6. The van der Waals surface area contributed by atoms with Gasteiger partial charge in [-0.2, -0.15) is 0 Å². The number of hydrogen-bond donors (Lipinski definition) is 2. The summed E-state index contributed by atoms with van der Waals surface area (Å²) < 4.78 is 9.87. The molecule has 6 heteroatoms. The minimum atomic E-state index is -0.532. The molecule has 1 aromatic carbocycles. The van der Waals surface area contributed by atoms with Crippen LogP contribution in [-0.2, 0) is 27.1 Å². The Morgan fingerprint density at radius 2 is 1.84 bits per heavy atom. The lowest BCUT2D eigenvalue weighted by atomic mass is 9.93. The van der Waals surface area contributed by atoms with Crippen LogP contribution >= 0.6 is 0 Å². The molecule has 0 aromatic heterocycles. The number of aromatic hydroxyl groups is 1. The molecule has 2 N–H and O–H groups in total. The number of esters is 1. The van der Waals surface area contributed by atoms with Crippen LogP contribution in [0.1, 0.15) is 49.4 Å². The SMILES string of the molecule is COC(=O)CCc1c(C)c(CCNC(=O)OC(C)(C)C)cc(C)c1O. The highest BCUT2D eigenvalue weighted by atomic mass is 16.6. The van der Waals surface area contributed by atoms with Crippen molar-refractivity contribution in [1.29, 1.82) is 0 Å². The molecule has 0 unspecified atom stereocenters. The number of aryl methyl sites for hydroxylation is 1. The van der Waals surface area contributed by atoms with E-state index in [4.69, 9.17) is 4.74 Å². The molecule has 1 amide bonds. The van der Waals surface area contributed by atoms with Gasteiger partial charge < -0.3 is 19.9 Å². The summed E-state index contributed by atoms with van der Waals surface area (Å²) in [5.74, 6) is -0.0984. The molecule has 0 saturated carbocycles. The largest absolute Gasteiger partial charge is 0.507 e. The molecule has 1 aromatic rings. The highest BCUT2D eigenvalue weighted by molar-refractivity contribution is 5.70. The van der Waals surface area contributed by atoms with Crippen LogP contribution in [0.4, 0.5) is 4.79 Å². The van der Waals surface area contributed by atoms with Crippen molar-refractivity contribution in [3.05, 3.63) is 28.3 Å². The molecule has 0 spiro atoms. The number of benzene rings is 1. The topological polar surface area (TPSA) is 84.9 Å². The van der Waals surface area contributed by atoms with E-state index in [1.165, 1.54) is 7.11 Å². The van der Waals surface area contributed by atoms with Gasteiger partial charge >= 0.3 is 12.1 Å². The van der Waals surface area contributed by atoms with Crippen LogP contribution in [0.5, 0.6) is 5.75 Å². The van der Waals surface area contributed by atoms with Gasteiger partial charge in [-0.1, -0.05) is 6.07 Å². The number of methoxy groups -OCH3 is 1. The third kappa shape index (κ3) is 6.64. The molecule has 0 fully saturated rings. The lowest BCUT2D eigenvalue weighted by Crippen LogP contribution is -2.33. The first kappa shape index (κ1) is 20.8. The predicted molar refractivity (Wildman–Crippen MR) is 95.9 cm³/mol. The van der Waals surface area contributed by atoms with Crippen LogP contribution in [0, 0.1) is 13.8 Å². The van der Waals surface area contributed by atoms with E-state index in [0.717, 1.165) is 22.3 Å². The summed E-state index contributed by atoms with van der Waals surface area (Å²) in [4.78, 5) is 23.1. The fraction of sp³-hybridized carbons (Fsp3) is 0.579. The summed E-state index contributed by atoms with van der Waals surface area (Å²) in [6.07, 6.45) is 0.784. The Kier molecular flexibility index (Phi) is 7.27. The summed E-state index contributed by atoms with van der Waals surface area (Å²) in [7, 11) is 1.35. The molecule has 140 valence electrons. The van der Waals surface area contributed by atoms with E-state index >= 15 is 0 Å². The van der Waals surface area contributed by atoms with Crippen LogP contribution in [0.15, 0.2) is 6.07 Å². The number of carbonyl (C=O) groups excluding carboxylic acids is 2. The molecule has 0 atom stereocenters. The number of nitrogens with one attached hydrogen (secondary N) is 1. The first-order valence-corrected chi connectivity index (χ1v) is 8.39. The van der Waals surface area contributed by atoms with Crippen molar-refractivity contribution in [3.63, 3.8) is 0 Å². The van der Waals surface area contributed by atoms with Crippen molar-refractivity contribution in [2.45, 2.75) is 59.5 Å². The molecule has 0 aliphatic rings. The second-order valence-corrected chi connectivity index (χ2v) is 7.06. The van der Waals surface area contributed by atoms with Crippen LogP contribution in [0.3, 0.4) is 0 Å². The lowest BCUT2D eigenvalue weighted by molar-refractivity contribution is -0.140. The maximum atomic E-state index is 11.7. The van der Waals surface area contributed by atoms with E-state index in [0.29, 0.717) is 19.4 Å². The van der Waals surface area contributed by atoms with Crippen molar-refractivity contribution < 1.29 is 24.2 Å². The molecule has 0 radical (unpaired) electrons. The van der Waals surface area contributed by atoms with E-state index in [9.17, 15) is 14.7 Å². The Morgan fingerprint density at radius 1 is 1.20 bits per heavy atom. The summed E-state index contributed by atoms with van der Waals surface area (Å²) in [6.45, 7) is 9.60. The molecule has 0 bridgehead atoms. The summed E-state index contributed by atoms with van der Waals surface area (Å²) in [5.41, 5.74) is 2.91. The van der Waals surface area contributed by atoms with Gasteiger partial charge in [-0.25, -0.2) is 4.79 Å². The number of ether oxygens (including phenoxy) is 2. The van der Waals surface area contributed by atoms with Gasteiger partial charge in [-0.05, 0) is 69.7 Å². The fourth-order valence-electron chi connectivity index (χ4n) is 2.56. The lowest BCUT2D eigenvalue weighted by Gasteiger charge is -2.20. The molecule has 0 saturated heterocycles. The summed E-state index contributed by atoms with van der Waals surface area (Å²) >= 11 is 0. The average molecular weight is 351 g/mol. The molecular formula is C19H29NO5. The molecule has 6 nitrogen and oxygen atoms in total. The Balaban J connectivity index is 2.78. The Bertz CT molecular complexity index is 632. The average Bonchev–Trinajstić information content (AvgIpc) is 2.50. The fourth-order valence-corrected chi connectivity index (χ4v) is 2.56. The Labute approximate surface area is 149 Å². The number of alkyl carbamates (subject to hydrolysis) is 1. The third-order valence-corrected chi connectivity index (χ3v) is 3.85. The van der Waals surface area contributed by atoms with Crippen molar-refractivity contribution in [2.75, 3.05) is 13.7 Å². The Morgan fingerprint density at radius 3 is 2.40 bits per heavy atom. The van der Waals surface area contributed by atoms with Crippen molar-refractivity contribution >= 4 is 12.1 Å². The van der Waals surface area contributed by atoms with Crippen molar-refractivity contribution in [1.82, 2.24) is 5.32 Å². The van der Waals surface area contributed by atoms with Crippen molar-refractivity contribution in [3.8, 4) is 5.75 Å². The van der Waals surface area contributed by atoms with Gasteiger partial charge in [0.25, 0.3) is 0 Å². The quantitative estimate of drug-likeness (QED) is 0.769. The smallest absolute Gasteiger partial charge is 0.407 e. The zero-order chi connectivity index (χ0) is 19.2. The molecule has 1 rings (SSSR count). The molecule has 0 heterocycles. The van der Waals surface area contributed by atoms with Gasteiger partial charge in [-0.3, -0.25) is 4.79 Å². The second kappa shape index (κ2) is 8.74. The Hall–Kier alpha value is -2.24. The minimum Gasteiger partial charge on any atom is -0.507 e. The van der Waals surface area contributed by atoms with E-state index < -0.39 is 11.7 Å². The maximum Gasteiger partial charge on any atom is 0.407 e. The van der Waals surface area contributed by atoms with Gasteiger partial charge in [-0.15, -0.1) is 0 Å². The van der Waals surface area contributed by atoms with Crippen LogP contribution in [0.25, 0.3) is 0 Å². The second-order valence-electron chi connectivity index (χ2n) is 7.06. The van der Waals surface area contributed by atoms with E-state index in [1.54, 1.807) is 0 Å². The summed E-state index contributed by atoms with van der Waals surface area (Å²) in [6, 6.07) is 1.91. The van der Waals surface area contributed by atoms with Gasteiger partial charge in [0.05, 0.1) is 7.11 Å². The molecule has 0 aliphatic carbocycles. The van der Waals surface area contributed by atoms with Gasteiger partial charge in [0.1, 0.15) is 11.4 Å². The zero-order valence-corrected chi connectivity index (χ0v) is 16.0. The highest BCUT2D eigenvalue weighted by Crippen LogP contribution is 2.29. The number of amides is 1. The normalized spacial score (nSPS) is 11.1. The standard InChI is InChI=1S/C19H29NO5/c1-12-11-14(9-10-20-18(23)25-19(3,4)5)13(2)15(17(12)22)7-8-16(21)24-6/h11,22H,7-10H2,1-6H3,(H,20,23). The monoisotopic (exact) mass is 351 g/mol. The molecular weight excluding hydrogens is 322 g/mol. The number of phenols is 1. The first-order chi connectivity index (χ1) is 11.5. The van der Waals surface area contributed by atoms with E-state index in [2.05, 4.69) is 10.1 Å². The molecule has 0 aliphatic heterocycles.